The van der Waals surface area contributed by atoms with Gasteiger partial charge in [-0.05, 0) is 19.4 Å². The van der Waals surface area contributed by atoms with Gasteiger partial charge < -0.3 is 15.2 Å². The fraction of sp³-hybridized carbons (Fsp3) is 0.462. The maximum absolute atomic E-state index is 11.4. The second kappa shape index (κ2) is 7.04. The number of nitrogens with two attached hydrogens (primary N) is 1. The van der Waals surface area contributed by atoms with Crippen LogP contribution in [0.15, 0.2) is 30.3 Å². The number of rotatable bonds is 6. The minimum atomic E-state index is -0.737. The second-order valence-corrected chi connectivity index (χ2v) is 3.78. The van der Waals surface area contributed by atoms with Crippen LogP contribution < -0.4 is 5.73 Å². The molecule has 0 aromatic heterocycles. The molecule has 0 aliphatic rings. The lowest BCUT2D eigenvalue weighted by atomic mass is 10.2. The number of ether oxygens (including phenoxy) is 2. The van der Waals surface area contributed by atoms with Crippen molar-refractivity contribution < 1.29 is 14.3 Å². The predicted molar refractivity (Wildman–Crippen MR) is 65.3 cm³/mol. The smallest absolute Gasteiger partial charge is 0.325 e. The summed E-state index contributed by atoms with van der Waals surface area (Å²) in [4.78, 5) is 11.4. The van der Waals surface area contributed by atoms with E-state index >= 15 is 0 Å². The molecule has 0 aliphatic carbocycles. The molecular weight excluding hydrogens is 218 g/mol. The highest BCUT2D eigenvalue weighted by Gasteiger charge is 2.22. The first-order valence-electron chi connectivity index (χ1n) is 5.73. The Morgan fingerprint density at radius 1 is 1.35 bits per heavy atom. The summed E-state index contributed by atoms with van der Waals surface area (Å²) in [5.74, 6) is -0.423. The van der Waals surface area contributed by atoms with Crippen molar-refractivity contribution >= 4 is 5.97 Å². The van der Waals surface area contributed by atoms with Gasteiger partial charge in [0.05, 0.1) is 19.3 Å². The first-order valence-corrected chi connectivity index (χ1v) is 5.73. The maximum atomic E-state index is 11.4. The van der Waals surface area contributed by atoms with Crippen LogP contribution in [0.3, 0.4) is 0 Å². The van der Waals surface area contributed by atoms with Crippen molar-refractivity contribution in [3.05, 3.63) is 35.9 Å². The zero-order chi connectivity index (χ0) is 12.7. The lowest BCUT2D eigenvalue weighted by molar-refractivity contribution is -0.148. The van der Waals surface area contributed by atoms with Gasteiger partial charge >= 0.3 is 5.97 Å². The van der Waals surface area contributed by atoms with Crippen molar-refractivity contribution in [2.45, 2.75) is 32.6 Å². The Hall–Kier alpha value is -1.39. The van der Waals surface area contributed by atoms with E-state index in [-0.39, 0.29) is 6.10 Å². The van der Waals surface area contributed by atoms with E-state index < -0.39 is 12.0 Å². The molecule has 94 valence electrons. The van der Waals surface area contributed by atoms with Gasteiger partial charge in [-0.3, -0.25) is 4.79 Å². The average molecular weight is 237 g/mol. The van der Waals surface area contributed by atoms with Crippen LogP contribution in [0.1, 0.15) is 19.4 Å². The summed E-state index contributed by atoms with van der Waals surface area (Å²) in [6.07, 6.45) is -0.366. The fourth-order valence-electron chi connectivity index (χ4n) is 1.34. The van der Waals surface area contributed by atoms with Crippen LogP contribution in [0, 0.1) is 0 Å². The molecule has 2 N–H and O–H groups in total. The minimum absolute atomic E-state index is 0.331. The molecule has 1 aromatic carbocycles. The van der Waals surface area contributed by atoms with Gasteiger partial charge in [-0.25, -0.2) is 0 Å². The molecule has 4 heteroatoms. The van der Waals surface area contributed by atoms with Crippen molar-refractivity contribution in [3.63, 3.8) is 0 Å². The molecular formula is C13H19NO3. The Labute approximate surface area is 102 Å². The number of hydrogen-bond donors (Lipinski definition) is 1. The normalized spacial score (nSPS) is 14.1. The van der Waals surface area contributed by atoms with Gasteiger partial charge in [0.15, 0.2) is 0 Å². The highest BCUT2D eigenvalue weighted by atomic mass is 16.5. The number of carbonyl (C=O) groups is 1. The van der Waals surface area contributed by atoms with E-state index in [9.17, 15) is 4.79 Å². The Bertz CT molecular complexity index is 340. The molecule has 0 amide bonds. The number of hydrogen-bond acceptors (Lipinski definition) is 4. The topological polar surface area (TPSA) is 61.5 Å². The summed E-state index contributed by atoms with van der Waals surface area (Å²) in [6.45, 7) is 4.29. The monoisotopic (exact) mass is 237 g/mol. The van der Waals surface area contributed by atoms with Gasteiger partial charge in [-0.1, -0.05) is 30.3 Å². The lowest BCUT2D eigenvalue weighted by Gasteiger charge is -2.18. The first-order chi connectivity index (χ1) is 8.15. The van der Waals surface area contributed by atoms with Gasteiger partial charge in [-0.2, -0.15) is 0 Å². The van der Waals surface area contributed by atoms with Crippen LogP contribution in [0.4, 0.5) is 0 Å². The highest BCUT2D eigenvalue weighted by molar-refractivity contribution is 5.76. The van der Waals surface area contributed by atoms with Gasteiger partial charge in [0.2, 0.25) is 0 Å². The summed E-state index contributed by atoms with van der Waals surface area (Å²) in [5, 5.41) is 0. The quantitative estimate of drug-likeness (QED) is 0.761. The Morgan fingerprint density at radius 2 is 2.00 bits per heavy atom. The van der Waals surface area contributed by atoms with Crippen LogP contribution >= 0.6 is 0 Å². The lowest BCUT2D eigenvalue weighted by Crippen LogP contribution is -2.42. The molecule has 0 unspecified atom stereocenters. The van der Waals surface area contributed by atoms with Crippen molar-refractivity contribution in [2.24, 2.45) is 5.73 Å². The second-order valence-electron chi connectivity index (χ2n) is 3.78. The van der Waals surface area contributed by atoms with E-state index in [4.69, 9.17) is 15.2 Å². The summed E-state index contributed by atoms with van der Waals surface area (Å²) in [6, 6.07) is 9.00. The molecule has 1 rings (SSSR count). The molecule has 0 spiro atoms. The number of carbonyl (C=O) groups excluding carboxylic acids is 1. The van der Waals surface area contributed by atoms with E-state index in [2.05, 4.69) is 0 Å². The Morgan fingerprint density at radius 3 is 2.59 bits per heavy atom. The molecule has 0 saturated carbocycles. The number of esters is 1. The van der Waals surface area contributed by atoms with Crippen LogP contribution in [0.25, 0.3) is 0 Å². The Kier molecular flexibility index (Phi) is 5.66. The average Bonchev–Trinajstić information content (AvgIpc) is 2.36. The zero-order valence-corrected chi connectivity index (χ0v) is 10.3. The van der Waals surface area contributed by atoms with Crippen molar-refractivity contribution in [1.82, 2.24) is 0 Å². The first kappa shape index (κ1) is 13.7. The summed E-state index contributed by atoms with van der Waals surface area (Å²) in [7, 11) is 0. The van der Waals surface area contributed by atoms with E-state index in [1.807, 2.05) is 30.3 Å². The minimum Gasteiger partial charge on any atom is -0.465 e. The molecule has 0 saturated heterocycles. The third-order valence-electron chi connectivity index (χ3n) is 2.42. The van der Waals surface area contributed by atoms with Gasteiger partial charge in [0, 0.05) is 0 Å². The molecule has 0 aliphatic heterocycles. The Balaban J connectivity index is 2.39. The standard InChI is InChI=1S/C13H19NO3/c1-3-16-13(15)12(14)10(2)17-9-11-7-5-4-6-8-11/h4-8,10,12H,3,9,14H2,1-2H3/t10-,12+/m0/s1. The fourth-order valence-corrected chi connectivity index (χ4v) is 1.34. The predicted octanol–water partition coefficient (Wildman–Crippen LogP) is 1.48. The maximum Gasteiger partial charge on any atom is 0.325 e. The molecule has 17 heavy (non-hydrogen) atoms. The van der Waals surface area contributed by atoms with Gasteiger partial charge in [0.25, 0.3) is 0 Å². The molecule has 0 radical (unpaired) electrons. The van der Waals surface area contributed by atoms with Crippen LogP contribution in [0.2, 0.25) is 0 Å². The largest absolute Gasteiger partial charge is 0.465 e. The zero-order valence-electron chi connectivity index (χ0n) is 10.3. The molecule has 0 fully saturated rings. The van der Waals surface area contributed by atoms with E-state index in [1.54, 1.807) is 13.8 Å². The van der Waals surface area contributed by atoms with Crippen LogP contribution in [0.5, 0.6) is 0 Å². The SMILES string of the molecule is CCOC(=O)[C@H](N)[C@H](C)OCc1ccccc1. The van der Waals surface area contributed by atoms with Crippen LogP contribution in [-0.4, -0.2) is 24.7 Å². The molecule has 2 atom stereocenters. The van der Waals surface area contributed by atoms with Crippen LogP contribution in [-0.2, 0) is 20.9 Å². The summed E-state index contributed by atoms with van der Waals surface area (Å²) >= 11 is 0. The third-order valence-corrected chi connectivity index (χ3v) is 2.42. The summed E-state index contributed by atoms with van der Waals surface area (Å²) in [5.41, 5.74) is 6.76. The third kappa shape index (κ3) is 4.54. The summed E-state index contributed by atoms with van der Waals surface area (Å²) < 4.78 is 10.4. The highest BCUT2D eigenvalue weighted by Crippen LogP contribution is 2.05. The molecule has 0 bridgehead atoms. The van der Waals surface area contributed by atoms with Gasteiger partial charge in [-0.15, -0.1) is 0 Å². The number of benzene rings is 1. The van der Waals surface area contributed by atoms with Crippen molar-refractivity contribution in [1.29, 1.82) is 0 Å². The molecule has 4 nitrogen and oxygen atoms in total. The molecule has 1 aromatic rings. The van der Waals surface area contributed by atoms with Crippen molar-refractivity contribution in [2.75, 3.05) is 6.61 Å². The van der Waals surface area contributed by atoms with Gasteiger partial charge in [0.1, 0.15) is 6.04 Å². The van der Waals surface area contributed by atoms with E-state index in [1.165, 1.54) is 0 Å². The van der Waals surface area contributed by atoms with Crippen molar-refractivity contribution in [3.8, 4) is 0 Å². The molecule has 0 heterocycles. The van der Waals surface area contributed by atoms with E-state index in [0.29, 0.717) is 13.2 Å². The van der Waals surface area contributed by atoms with E-state index in [0.717, 1.165) is 5.56 Å².